The van der Waals surface area contributed by atoms with Crippen molar-refractivity contribution >= 4 is 6.29 Å². The molecule has 0 radical (unpaired) electrons. The number of hydrogen-bond donors (Lipinski definition) is 0. The minimum absolute atomic E-state index is 0.286. The Morgan fingerprint density at radius 2 is 2.45 bits per heavy atom. The van der Waals surface area contributed by atoms with E-state index < -0.39 is 0 Å². The van der Waals surface area contributed by atoms with Gasteiger partial charge in [0.05, 0.1) is 6.26 Å². The predicted molar refractivity (Wildman–Crippen MR) is 43.0 cm³/mol. The molecule has 2 nitrogen and oxygen atoms in total. The van der Waals surface area contributed by atoms with Gasteiger partial charge in [0.1, 0.15) is 12.9 Å². The van der Waals surface area contributed by atoms with Crippen LogP contribution in [0.4, 0.5) is 0 Å². The maximum absolute atomic E-state index is 10.6. The minimum Gasteiger partial charge on any atom is -0.496 e. The molecule has 0 amide bonds. The van der Waals surface area contributed by atoms with E-state index in [4.69, 9.17) is 4.74 Å². The highest BCUT2D eigenvalue weighted by molar-refractivity contribution is 5.76. The second-order valence-electron chi connectivity index (χ2n) is 2.87. The Morgan fingerprint density at radius 3 is 2.82 bits per heavy atom. The van der Waals surface area contributed by atoms with Crippen LogP contribution in [0.15, 0.2) is 23.5 Å². The van der Waals surface area contributed by atoms with E-state index >= 15 is 0 Å². The van der Waals surface area contributed by atoms with E-state index in [2.05, 4.69) is 0 Å². The molecule has 0 unspecified atom stereocenters. The molecule has 1 rings (SSSR count). The lowest BCUT2D eigenvalue weighted by molar-refractivity contribution is -0.105. The molecule has 1 aliphatic heterocycles. The van der Waals surface area contributed by atoms with Crippen LogP contribution >= 0.6 is 0 Å². The molecule has 2 heteroatoms. The fourth-order valence-corrected chi connectivity index (χ4v) is 1.08. The number of ether oxygens (including phenoxy) is 1. The second-order valence-corrected chi connectivity index (χ2v) is 2.87. The highest BCUT2D eigenvalue weighted by Gasteiger charge is 2.10. The largest absolute Gasteiger partial charge is 0.496 e. The highest BCUT2D eigenvalue weighted by Crippen LogP contribution is 2.17. The molecule has 0 aromatic rings. The number of carbonyl (C=O) groups excluding carboxylic acids is 1. The van der Waals surface area contributed by atoms with Gasteiger partial charge in [0.2, 0.25) is 0 Å². The van der Waals surface area contributed by atoms with Crippen molar-refractivity contribution in [3.63, 3.8) is 0 Å². The van der Waals surface area contributed by atoms with E-state index in [1.165, 1.54) is 0 Å². The Balaban J connectivity index is 2.88. The first kappa shape index (κ1) is 8.05. The van der Waals surface area contributed by atoms with E-state index in [0.717, 1.165) is 17.4 Å². The minimum atomic E-state index is 0.286. The first-order chi connectivity index (χ1) is 5.25. The van der Waals surface area contributed by atoms with Crippen LogP contribution in [0.1, 0.15) is 13.8 Å². The zero-order valence-electron chi connectivity index (χ0n) is 6.83. The van der Waals surface area contributed by atoms with Gasteiger partial charge in [0.25, 0.3) is 0 Å². The van der Waals surface area contributed by atoms with Gasteiger partial charge in [0, 0.05) is 5.57 Å². The lowest BCUT2D eigenvalue weighted by atomic mass is 9.99. The van der Waals surface area contributed by atoms with Crippen LogP contribution in [0.2, 0.25) is 0 Å². The average Bonchev–Trinajstić information content (AvgIpc) is 2.40. The Kier molecular flexibility index (Phi) is 2.47. The van der Waals surface area contributed by atoms with Gasteiger partial charge in [-0.1, -0.05) is 13.8 Å². The summed E-state index contributed by atoms with van der Waals surface area (Å²) in [6.45, 7) is 4.55. The summed E-state index contributed by atoms with van der Waals surface area (Å²) >= 11 is 0. The van der Waals surface area contributed by atoms with Gasteiger partial charge in [-0.25, -0.2) is 0 Å². The van der Waals surface area contributed by atoms with Crippen molar-refractivity contribution in [2.75, 3.05) is 6.61 Å². The van der Waals surface area contributed by atoms with Gasteiger partial charge in [-0.05, 0) is 17.6 Å². The van der Waals surface area contributed by atoms with Gasteiger partial charge in [-0.2, -0.15) is 0 Å². The third-order valence-electron chi connectivity index (χ3n) is 1.72. The fourth-order valence-electron chi connectivity index (χ4n) is 1.08. The zero-order valence-corrected chi connectivity index (χ0v) is 6.83. The lowest BCUT2D eigenvalue weighted by Gasteiger charge is -2.05. The molecule has 1 aliphatic rings. The van der Waals surface area contributed by atoms with E-state index in [0.29, 0.717) is 6.61 Å². The summed E-state index contributed by atoms with van der Waals surface area (Å²) in [6.07, 6.45) is 4.39. The van der Waals surface area contributed by atoms with Crippen molar-refractivity contribution in [2.45, 2.75) is 13.8 Å². The van der Waals surface area contributed by atoms with Crippen molar-refractivity contribution in [1.82, 2.24) is 0 Å². The molecule has 0 aliphatic carbocycles. The number of hydrogen-bond acceptors (Lipinski definition) is 2. The molecule has 0 saturated carbocycles. The van der Waals surface area contributed by atoms with Crippen molar-refractivity contribution < 1.29 is 9.53 Å². The predicted octanol–water partition coefficient (Wildman–Crippen LogP) is 1.68. The third kappa shape index (κ3) is 1.70. The van der Waals surface area contributed by atoms with Crippen LogP contribution in [0, 0.1) is 5.92 Å². The standard InChI is InChI=1S/C9H12O2/c1-7(2)9(5-10)8-3-4-11-6-8/h3-5,7H,6H2,1-2H3. The summed E-state index contributed by atoms with van der Waals surface area (Å²) in [7, 11) is 0. The Bertz CT molecular complexity index is 212. The number of aldehydes is 1. The third-order valence-corrected chi connectivity index (χ3v) is 1.72. The van der Waals surface area contributed by atoms with Crippen molar-refractivity contribution in [3.05, 3.63) is 23.5 Å². The molecule has 60 valence electrons. The van der Waals surface area contributed by atoms with Crippen LogP contribution < -0.4 is 0 Å². The second kappa shape index (κ2) is 3.37. The summed E-state index contributed by atoms with van der Waals surface area (Å²) in [4.78, 5) is 10.6. The van der Waals surface area contributed by atoms with Gasteiger partial charge < -0.3 is 4.74 Å². The summed E-state index contributed by atoms with van der Waals surface area (Å²) in [5.41, 5.74) is 1.86. The summed E-state index contributed by atoms with van der Waals surface area (Å²) in [6, 6.07) is 0. The fraction of sp³-hybridized carbons (Fsp3) is 0.444. The SMILES string of the molecule is CC(C)C(C=O)=C1C=COC1. The molecule has 0 atom stereocenters. The van der Waals surface area contributed by atoms with E-state index in [1.54, 1.807) is 6.26 Å². The summed E-state index contributed by atoms with van der Waals surface area (Å²) in [5.74, 6) is 0.286. The summed E-state index contributed by atoms with van der Waals surface area (Å²) in [5, 5.41) is 0. The first-order valence-corrected chi connectivity index (χ1v) is 3.72. The van der Waals surface area contributed by atoms with Crippen molar-refractivity contribution in [1.29, 1.82) is 0 Å². The van der Waals surface area contributed by atoms with Crippen LogP contribution in [-0.2, 0) is 9.53 Å². The molecular weight excluding hydrogens is 140 g/mol. The topological polar surface area (TPSA) is 26.3 Å². The molecule has 1 heterocycles. The Morgan fingerprint density at radius 1 is 1.73 bits per heavy atom. The molecule has 0 aromatic carbocycles. The molecule has 0 N–H and O–H groups in total. The molecule has 0 saturated heterocycles. The number of carbonyl (C=O) groups is 1. The van der Waals surface area contributed by atoms with Crippen LogP contribution in [0.5, 0.6) is 0 Å². The van der Waals surface area contributed by atoms with Gasteiger partial charge in [0.15, 0.2) is 0 Å². The molecule has 0 spiro atoms. The maximum Gasteiger partial charge on any atom is 0.146 e. The van der Waals surface area contributed by atoms with E-state index in [9.17, 15) is 4.79 Å². The molecule has 0 aromatic heterocycles. The van der Waals surface area contributed by atoms with Crippen LogP contribution in [0.25, 0.3) is 0 Å². The quantitative estimate of drug-likeness (QED) is 0.444. The zero-order chi connectivity index (χ0) is 8.27. The number of rotatable bonds is 2. The Labute approximate surface area is 66.5 Å². The van der Waals surface area contributed by atoms with E-state index in [-0.39, 0.29) is 5.92 Å². The first-order valence-electron chi connectivity index (χ1n) is 3.72. The van der Waals surface area contributed by atoms with E-state index in [1.807, 2.05) is 19.9 Å². The van der Waals surface area contributed by atoms with Gasteiger partial charge >= 0.3 is 0 Å². The molecule has 0 fully saturated rings. The summed E-state index contributed by atoms with van der Waals surface area (Å²) < 4.78 is 4.99. The average molecular weight is 152 g/mol. The highest BCUT2D eigenvalue weighted by atomic mass is 16.5. The van der Waals surface area contributed by atoms with Gasteiger partial charge in [-0.3, -0.25) is 4.79 Å². The molecule has 11 heavy (non-hydrogen) atoms. The lowest BCUT2D eigenvalue weighted by Crippen LogP contribution is -2.00. The van der Waals surface area contributed by atoms with Gasteiger partial charge in [-0.15, -0.1) is 0 Å². The van der Waals surface area contributed by atoms with Crippen molar-refractivity contribution in [2.24, 2.45) is 5.92 Å². The maximum atomic E-state index is 10.6. The molecule has 0 bridgehead atoms. The monoisotopic (exact) mass is 152 g/mol. The number of allylic oxidation sites excluding steroid dienone is 1. The molecular formula is C9H12O2. The van der Waals surface area contributed by atoms with Crippen LogP contribution in [0.3, 0.4) is 0 Å². The smallest absolute Gasteiger partial charge is 0.146 e. The normalized spacial score (nSPS) is 20.3. The van der Waals surface area contributed by atoms with Crippen molar-refractivity contribution in [3.8, 4) is 0 Å². The van der Waals surface area contributed by atoms with Crippen LogP contribution in [-0.4, -0.2) is 12.9 Å². The Hall–Kier alpha value is -1.05.